The summed E-state index contributed by atoms with van der Waals surface area (Å²) in [4.78, 5) is 11.8. The van der Waals surface area contributed by atoms with Crippen molar-refractivity contribution in [3.05, 3.63) is 71.4 Å². The molecule has 2 heterocycles. The second-order valence-corrected chi connectivity index (χ2v) is 4.97. The largest absolute Gasteiger partial charge is 0.456 e. The first-order valence-corrected chi connectivity index (χ1v) is 7.16. The molecule has 0 saturated heterocycles. The molecule has 0 fully saturated rings. The monoisotopic (exact) mass is 319 g/mol. The van der Waals surface area contributed by atoms with Gasteiger partial charge < -0.3 is 8.83 Å². The summed E-state index contributed by atoms with van der Waals surface area (Å²) in [6.07, 6.45) is 1.38. The minimum absolute atomic E-state index is 0.188. The number of carbonyl (C=O) groups is 1. The summed E-state index contributed by atoms with van der Waals surface area (Å²) >= 11 is 0. The summed E-state index contributed by atoms with van der Waals surface area (Å²) < 4.78 is 10.8. The van der Waals surface area contributed by atoms with Crippen molar-refractivity contribution in [1.82, 2.24) is 5.43 Å². The van der Waals surface area contributed by atoms with Crippen LogP contribution in [0.3, 0.4) is 0 Å². The van der Waals surface area contributed by atoms with Crippen molar-refractivity contribution in [2.75, 3.05) is 0 Å². The fraction of sp³-hybridized carbons (Fsp3) is 0.0556. The summed E-state index contributed by atoms with van der Waals surface area (Å²) in [6.45, 7) is 1.75. The highest BCUT2D eigenvalue weighted by Gasteiger charge is 2.10. The van der Waals surface area contributed by atoms with Crippen LogP contribution in [0, 0.1) is 18.3 Å². The lowest BCUT2D eigenvalue weighted by molar-refractivity contribution is 0.0926. The van der Waals surface area contributed by atoms with Gasteiger partial charge in [-0.05, 0) is 43.3 Å². The van der Waals surface area contributed by atoms with Gasteiger partial charge in [-0.2, -0.15) is 10.4 Å². The summed E-state index contributed by atoms with van der Waals surface area (Å²) in [7, 11) is 0. The zero-order valence-corrected chi connectivity index (χ0v) is 12.8. The van der Waals surface area contributed by atoms with Crippen LogP contribution in [0.25, 0.3) is 11.3 Å². The highest BCUT2D eigenvalue weighted by Crippen LogP contribution is 2.24. The van der Waals surface area contributed by atoms with E-state index in [2.05, 4.69) is 16.6 Å². The van der Waals surface area contributed by atoms with Crippen LogP contribution in [-0.2, 0) is 0 Å². The third-order valence-electron chi connectivity index (χ3n) is 3.26. The number of benzene rings is 1. The molecular formula is C18H13N3O3. The lowest BCUT2D eigenvalue weighted by Gasteiger charge is -1.98. The molecule has 0 unspecified atom stereocenters. The second kappa shape index (κ2) is 6.67. The summed E-state index contributed by atoms with van der Waals surface area (Å²) in [5.41, 5.74) is 3.59. The first-order valence-electron chi connectivity index (χ1n) is 7.16. The van der Waals surface area contributed by atoms with Gasteiger partial charge in [-0.25, -0.2) is 5.43 Å². The number of nitrogens with one attached hydrogen (secondary N) is 1. The molecule has 0 aliphatic carbocycles. The summed E-state index contributed by atoms with van der Waals surface area (Å²) in [5, 5.41) is 13.0. The number of nitrogens with zero attached hydrogens (tertiary/aromatic N) is 2. The highest BCUT2D eigenvalue weighted by atomic mass is 16.4. The van der Waals surface area contributed by atoms with Crippen molar-refractivity contribution in [3.63, 3.8) is 0 Å². The van der Waals surface area contributed by atoms with Crippen molar-refractivity contribution in [1.29, 1.82) is 5.26 Å². The first-order chi connectivity index (χ1) is 11.7. The molecule has 6 heteroatoms. The van der Waals surface area contributed by atoms with Crippen LogP contribution in [0.5, 0.6) is 0 Å². The maximum Gasteiger partial charge on any atom is 0.307 e. The Kier molecular flexibility index (Phi) is 4.25. The number of carbonyl (C=O) groups excluding carboxylic acids is 1. The van der Waals surface area contributed by atoms with Crippen LogP contribution in [0.15, 0.2) is 62.5 Å². The van der Waals surface area contributed by atoms with Crippen LogP contribution in [0.1, 0.15) is 27.6 Å². The van der Waals surface area contributed by atoms with Gasteiger partial charge in [0.15, 0.2) is 5.76 Å². The van der Waals surface area contributed by atoms with Gasteiger partial charge >= 0.3 is 5.91 Å². The molecule has 0 bridgehead atoms. The molecule has 3 rings (SSSR count). The molecule has 3 aromatic rings. The molecule has 1 amide bonds. The van der Waals surface area contributed by atoms with E-state index in [-0.39, 0.29) is 5.76 Å². The summed E-state index contributed by atoms with van der Waals surface area (Å²) in [5.74, 6) is 1.40. The van der Waals surface area contributed by atoms with Gasteiger partial charge in [0.25, 0.3) is 0 Å². The van der Waals surface area contributed by atoms with Crippen molar-refractivity contribution in [2.24, 2.45) is 5.10 Å². The zero-order valence-electron chi connectivity index (χ0n) is 12.8. The number of amides is 1. The average Bonchev–Trinajstić information content (AvgIpc) is 3.24. The molecule has 1 aromatic carbocycles. The molecule has 0 aliphatic heterocycles. The van der Waals surface area contributed by atoms with E-state index < -0.39 is 5.91 Å². The molecule has 0 aliphatic rings. The molecule has 0 radical (unpaired) electrons. The Bertz CT molecular complexity index is 944. The minimum Gasteiger partial charge on any atom is -0.456 e. The van der Waals surface area contributed by atoms with E-state index >= 15 is 0 Å². The Morgan fingerprint density at radius 2 is 2.00 bits per heavy atom. The molecule has 0 spiro atoms. The number of furan rings is 2. The SMILES string of the molecule is Cc1ccc(C(=O)NN=Cc2ccc(-c3ccccc3C#N)o2)o1. The number of rotatable bonds is 4. The lowest BCUT2D eigenvalue weighted by Crippen LogP contribution is -2.16. The Labute approximate surface area is 138 Å². The van der Waals surface area contributed by atoms with Gasteiger partial charge in [0.05, 0.1) is 17.8 Å². The number of hydrogen-bond acceptors (Lipinski definition) is 5. The van der Waals surface area contributed by atoms with Gasteiger partial charge in [-0.3, -0.25) is 4.79 Å². The maximum atomic E-state index is 11.8. The van der Waals surface area contributed by atoms with Crippen LogP contribution in [0.4, 0.5) is 0 Å². The van der Waals surface area contributed by atoms with Gasteiger partial charge in [-0.15, -0.1) is 0 Å². The van der Waals surface area contributed by atoms with Crippen molar-refractivity contribution < 1.29 is 13.6 Å². The normalized spacial score (nSPS) is 10.7. The molecular weight excluding hydrogens is 306 g/mol. The van der Waals surface area contributed by atoms with Gasteiger partial charge in [0.2, 0.25) is 0 Å². The number of nitriles is 1. The van der Waals surface area contributed by atoms with Gasteiger partial charge in [0.1, 0.15) is 17.3 Å². The van der Waals surface area contributed by atoms with E-state index in [1.54, 1.807) is 49.4 Å². The van der Waals surface area contributed by atoms with Crippen molar-refractivity contribution in [2.45, 2.75) is 6.92 Å². The third-order valence-corrected chi connectivity index (χ3v) is 3.26. The van der Waals surface area contributed by atoms with Crippen molar-refractivity contribution >= 4 is 12.1 Å². The first kappa shape index (κ1) is 15.3. The topological polar surface area (TPSA) is 91.5 Å². The lowest BCUT2D eigenvalue weighted by atomic mass is 10.1. The molecule has 24 heavy (non-hydrogen) atoms. The van der Waals surface area contributed by atoms with E-state index in [9.17, 15) is 4.79 Å². The Balaban J connectivity index is 1.70. The Hall–Kier alpha value is -3.59. The van der Waals surface area contributed by atoms with E-state index in [0.717, 1.165) is 0 Å². The zero-order chi connectivity index (χ0) is 16.9. The van der Waals surface area contributed by atoms with Crippen LogP contribution >= 0.6 is 0 Å². The maximum absolute atomic E-state index is 11.8. The fourth-order valence-corrected chi connectivity index (χ4v) is 2.13. The summed E-state index contributed by atoms with van der Waals surface area (Å²) in [6, 6.07) is 16.0. The van der Waals surface area contributed by atoms with Crippen LogP contribution < -0.4 is 5.43 Å². The molecule has 1 N–H and O–H groups in total. The Morgan fingerprint density at radius 1 is 1.17 bits per heavy atom. The van der Waals surface area contributed by atoms with Crippen LogP contribution in [-0.4, -0.2) is 12.1 Å². The van der Waals surface area contributed by atoms with E-state index in [1.807, 2.05) is 6.07 Å². The average molecular weight is 319 g/mol. The van der Waals surface area contributed by atoms with Crippen LogP contribution in [0.2, 0.25) is 0 Å². The number of hydrogen-bond donors (Lipinski definition) is 1. The third kappa shape index (κ3) is 3.25. The minimum atomic E-state index is -0.444. The number of hydrazone groups is 1. The predicted octanol–water partition coefficient (Wildman–Crippen LogP) is 3.48. The van der Waals surface area contributed by atoms with E-state index in [1.165, 1.54) is 6.21 Å². The quantitative estimate of drug-likeness (QED) is 0.588. The molecule has 6 nitrogen and oxygen atoms in total. The standard InChI is InChI=1S/C18H13N3O3/c1-12-6-8-17(23-12)18(22)21-20-11-14-7-9-16(24-14)15-5-3-2-4-13(15)10-19/h2-9,11H,1H3,(H,21,22). The van der Waals surface area contributed by atoms with Crippen molar-refractivity contribution in [3.8, 4) is 17.4 Å². The fourth-order valence-electron chi connectivity index (χ4n) is 2.13. The van der Waals surface area contributed by atoms with E-state index in [0.29, 0.717) is 28.4 Å². The van der Waals surface area contributed by atoms with Gasteiger partial charge in [-0.1, -0.05) is 12.1 Å². The predicted molar refractivity (Wildman–Crippen MR) is 87.4 cm³/mol. The molecule has 2 aromatic heterocycles. The molecule has 118 valence electrons. The van der Waals surface area contributed by atoms with Gasteiger partial charge in [0, 0.05) is 5.56 Å². The van der Waals surface area contributed by atoms with E-state index in [4.69, 9.17) is 14.1 Å². The highest BCUT2D eigenvalue weighted by molar-refractivity contribution is 5.92. The smallest absolute Gasteiger partial charge is 0.307 e. The molecule has 0 atom stereocenters. The molecule has 0 saturated carbocycles. The second-order valence-electron chi connectivity index (χ2n) is 4.97. The number of aryl methyl sites for hydroxylation is 1. The Morgan fingerprint density at radius 3 is 2.75 bits per heavy atom.